The first-order valence-electron chi connectivity index (χ1n) is 7.55. The smallest absolute Gasteiger partial charge is 0.312 e. The highest BCUT2D eigenvalue weighted by Crippen LogP contribution is 2.22. The van der Waals surface area contributed by atoms with E-state index in [-0.39, 0.29) is 11.8 Å². The van der Waals surface area contributed by atoms with Crippen LogP contribution >= 0.6 is 0 Å². The van der Waals surface area contributed by atoms with Crippen LogP contribution in [0.15, 0.2) is 0 Å². The fourth-order valence-corrected chi connectivity index (χ4v) is 3.47. The van der Waals surface area contributed by atoms with Gasteiger partial charge in [0.1, 0.15) is 0 Å². The number of hydrogen-bond donors (Lipinski definition) is 0. The summed E-state index contributed by atoms with van der Waals surface area (Å²) < 4.78 is 0. The van der Waals surface area contributed by atoms with Crippen molar-refractivity contribution in [2.24, 2.45) is 17.8 Å². The number of piperidine rings is 2. The highest BCUT2D eigenvalue weighted by atomic mass is 16.2. The molecule has 4 nitrogen and oxygen atoms in total. The summed E-state index contributed by atoms with van der Waals surface area (Å²) >= 11 is 0. The van der Waals surface area contributed by atoms with Crippen molar-refractivity contribution < 1.29 is 9.59 Å². The van der Waals surface area contributed by atoms with Crippen LogP contribution in [0.2, 0.25) is 0 Å². The lowest BCUT2D eigenvalue weighted by Crippen LogP contribution is -2.51. The summed E-state index contributed by atoms with van der Waals surface area (Å²) in [7, 11) is 0. The molecule has 2 heterocycles. The van der Waals surface area contributed by atoms with Gasteiger partial charge < -0.3 is 9.80 Å². The van der Waals surface area contributed by atoms with Gasteiger partial charge in [-0.1, -0.05) is 20.8 Å². The summed E-state index contributed by atoms with van der Waals surface area (Å²) in [5.41, 5.74) is 0. The van der Waals surface area contributed by atoms with Crippen molar-refractivity contribution in [2.45, 2.75) is 40.0 Å². The SMILES string of the molecule is CC1CCCN(C(=O)C(=O)N2CC(C)CC(C)C2)C1. The van der Waals surface area contributed by atoms with Gasteiger partial charge >= 0.3 is 11.8 Å². The first-order valence-corrected chi connectivity index (χ1v) is 7.55. The van der Waals surface area contributed by atoms with Crippen molar-refractivity contribution in [3.05, 3.63) is 0 Å². The summed E-state index contributed by atoms with van der Waals surface area (Å²) in [4.78, 5) is 28.1. The van der Waals surface area contributed by atoms with Gasteiger partial charge in [-0.25, -0.2) is 0 Å². The molecule has 0 aromatic heterocycles. The Morgan fingerprint density at radius 1 is 0.842 bits per heavy atom. The molecular weight excluding hydrogens is 240 g/mol. The zero-order valence-electron chi connectivity index (χ0n) is 12.4. The van der Waals surface area contributed by atoms with Crippen molar-refractivity contribution >= 4 is 11.8 Å². The lowest BCUT2D eigenvalue weighted by molar-refractivity contribution is -0.154. The molecule has 0 aliphatic carbocycles. The zero-order chi connectivity index (χ0) is 14.0. The minimum atomic E-state index is -0.285. The number of likely N-dealkylation sites (tertiary alicyclic amines) is 2. The largest absolute Gasteiger partial charge is 0.334 e. The molecule has 2 rings (SSSR count). The van der Waals surface area contributed by atoms with Crippen LogP contribution in [-0.2, 0) is 9.59 Å². The molecule has 2 aliphatic rings. The van der Waals surface area contributed by atoms with E-state index in [0.717, 1.165) is 45.4 Å². The second kappa shape index (κ2) is 5.93. The maximum Gasteiger partial charge on any atom is 0.312 e. The van der Waals surface area contributed by atoms with Gasteiger partial charge in [-0.15, -0.1) is 0 Å². The Morgan fingerprint density at radius 2 is 1.37 bits per heavy atom. The predicted octanol–water partition coefficient (Wildman–Crippen LogP) is 1.75. The second-order valence-corrected chi connectivity index (χ2v) is 6.65. The first-order chi connectivity index (χ1) is 8.97. The van der Waals surface area contributed by atoms with E-state index in [2.05, 4.69) is 20.8 Å². The Balaban J connectivity index is 1.96. The molecular formula is C15H26N2O2. The molecule has 0 N–H and O–H groups in total. The average molecular weight is 266 g/mol. The van der Waals surface area contributed by atoms with E-state index in [9.17, 15) is 9.59 Å². The van der Waals surface area contributed by atoms with Crippen LogP contribution in [0.4, 0.5) is 0 Å². The van der Waals surface area contributed by atoms with E-state index >= 15 is 0 Å². The van der Waals surface area contributed by atoms with Crippen molar-refractivity contribution in [3.8, 4) is 0 Å². The lowest BCUT2D eigenvalue weighted by atomic mass is 9.92. The van der Waals surface area contributed by atoms with E-state index in [1.54, 1.807) is 9.80 Å². The van der Waals surface area contributed by atoms with Crippen LogP contribution in [0.25, 0.3) is 0 Å². The maximum atomic E-state index is 12.3. The number of carbonyl (C=O) groups is 2. The molecule has 2 aliphatic heterocycles. The molecule has 2 fully saturated rings. The van der Waals surface area contributed by atoms with Crippen LogP contribution in [0.3, 0.4) is 0 Å². The molecule has 3 atom stereocenters. The molecule has 3 unspecified atom stereocenters. The predicted molar refractivity (Wildman–Crippen MR) is 74.5 cm³/mol. The van der Waals surface area contributed by atoms with Crippen molar-refractivity contribution in [1.29, 1.82) is 0 Å². The summed E-state index contributed by atoms with van der Waals surface area (Å²) in [5, 5.41) is 0. The highest BCUT2D eigenvalue weighted by Gasteiger charge is 2.33. The Hall–Kier alpha value is -1.06. The van der Waals surface area contributed by atoms with Gasteiger partial charge in [0.25, 0.3) is 0 Å². The Bertz CT molecular complexity index is 346. The summed E-state index contributed by atoms with van der Waals surface area (Å²) in [6, 6.07) is 0. The molecule has 0 saturated carbocycles. The van der Waals surface area contributed by atoms with Crippen molar-refractivity contribution in [2.75, 3.05) is 26.2 Å². The second-order valence-electron chi connectivity index (χ2n) is 6.65. The lowest BCUT2D eigenvalue weighted by Gasteiger charge is -2.37. The molecule has 0 aromatic carbocycles. The van der Waals surface area contributed by atoms with Gasteiger partial charge in [0.2, 0.25) is 0 Å². The summed E-state index contributed by atoms with van der Waals surface area (Å²) in [5.74, 6) is 0.951. The number of nitrogens with zero attached hydrogens (tertiary/aromatic N) is 2. The third kappa shape index (κ3) is 3.48. The molecule has 0 bridgehead atoms. The molecule has 19 heavy (non-hydrogen) atoms. The topological polar surface area (TPSA) is 40.6 Å². The average Bonchev–Trinajstić information content (AvgIpc) is 2.36. The first kappa shape index (κ1) is 14.4. The van der Waals surface area contributed by atoms with E-state index in [0.29, 0.717) is 17.8 Å². The molecule has 2 amide bonds. The van der Waals surface area contributed by atoms with Crippen molar-refractivity contribution in [3.63, 3.8) is 0 Å². The van der Waals surface area contributed by atoms with Crippen LogP contribution in [-0.4, -0.2) is 47.8 Å². The third-order valence-corrected chi connectivity index (χ3v) is 4.28. The van der Waals surface area contributed by atoms with Gasteiger partial charge in [0.15, 0.2) is 0 Å². The monoisotopic (exact) mass is 266 g/mol. The van der Waals surface area contributed by atoms with Crippen LogP contribution in [0.1, 0.15) is 40.0 Å². The van der Waals surface area contributed by atoms with E-state index in [1.165, 1.54) is 0 Å². The Morgan fingerprint density at radius 3 is 1.95 bits per heavy atom. The quantitative estimate of drug-likeness (QED) is 0.627. The Kier molecular flexibility index (Phi) is 4.48. The molecule has 108 valence electrons. The minimum absolute atomic E-state index is 0.284. The number of amides is 2. The summed E-state index contributed by atoms with van der Waals surface area (Å²) in [6.45, 7) is 9.41. The number of hydrogen-bond acceptors (Lipinski definition) is 2. The van der Waals surface area contributed by atoms with E-state index < -0.39 is 0 Å². The maximum absolute atomic E-state index is 12.3. The fourth-order valence-electron chi connectivity index (χ4n) is 3.47. The normalized spacial score (nSPS) is 32.3. The van der Waals surface area contributed by atoms with Gasteiger partial charge in [-0.3, -0.25) is 9.59 Å². The Labute approximate surface area is 116 Å². The van der Waals surface area contributed by atoms with Crippen LogP contribution in [0.5, 0.6) is 0 Å². The number of rotatable bonds is 0. The molecule has 0 aromatic rings. The minimum Gasteiger partial charge on any atom is -0.334 e. The number of carbonyl (C=O) groups excluding carboxylic acids is 2. The highest BCUT2D eigenvalue weighted by molar-refractivity contribution is 6.34. The molecule has 0 radical (unpaired) electrons. The van der Waals surface area contributed by atoms with Crippen LogP contribution < -0.4 is 0 Å². The van der Waals surface area contributed by atoms with Gasteiger partial charge in [-0.2, -0.15) is 0 Å². The van der Waals surface area contributed by atoms with E-state index in [4.69, 9.17) is 0 Å². The van der Waals surface area contributed by atoms with Gasteiger partial charge in [0.05, 0.1) is 0 Å². The fraction of sp³-hybridized carbons (Fsp3) is 0.867. The molecule has 2 saturated heterocycles. The van der Waals surface area contributed by atoms with Crippen LogP contribution in [0, 0.1) is 17.8 Å². The standard InChI is InChI=1S/C15H26N2O2/c1-11-5-4-6-16(8-11)14(18)15(19)17-9-12(2)7-13(3)10-17/h11-13H,4-10H2,1-3H3. The van der Waals surface area contributed by atoms with E-state index in [1.807, 2.05) is 0 Å². The summed E-state index contributed by atoms with van der Waals surface area (Å²) in [6.07, 6.45) is 3.33. The third-order valence-electron chi connectivity index (χ3n) is 4.28. The zero-order valence-corrected chi connectivity index (χ0v) is 12.4. The van der Waals surface area contributed by atoms with Gasteiger partial charge in [0, 0.05) is 26.2 Å². The van der Waals surface area contributed by atoms with Crippen molar-refractivity contribution in [1.82, 2.24) is 9.80 Å². The van der Waals surface area contributed by atoms with Gasteiger partial charge in [-0.05, 0) is 37.0 Å². The molecule has 0 spiro atoms. The molecule has 4 heteroatoms.